The Morgan fingerprint density at radius 2 is 1.69 bits per heavy atom. The van der Waals surface area contributed by atoms with Gasteiger partial charge in [0.15, 0.2) is 0 Å². The van der Waals surface area contributed by atoms with Crippen molar-refractivity contribution in [2.45, 2.75) is 23.7 Å². The molecule has 1 aliphatic heterocycles. The molecule has 8 nitrogen and oxygen atoms in total. The second-order valence-corrected chi connectivity index (χ2v) is 11.3. The van der Waals surface area contributed by atoms with E-state index in [2.05, 4.69) is 21.7 Å². The van der Waals surface area contributed by atoms with Crippen LogP contribution in [-0.4, -0.2) is 53.1 Å². The molecule has 2 N–H and O–H groups in total. The maximum absolute atomic E-state index is 12.7. The standard InChI is InChI=1S/C21H25N3O5S2.ClH/c1-24-11-9-15(10-12-24)20-14-22-21-8-5-17(13-19(20)21)29-31(27,28)18-6-3-16(4-7-18)23-30(2,25)26;/h3-8,13-15,22-23H,9-12H2,1-2H3;1H. The third-order valence-corrected chi connectivity index (χ3v) is 7.36. The fraction of sp³-hybridized carbons (Fsp3) is 0.333. The van der Waals surface area contributed by atoms with Crippen molar-refractivity contribution in [1.29, 1.82) is 0 Å². The molecule has 1 fully saturated rings. The molecule has 1 saturated heterocycles. The van der Waals surface area contributed by atoms with Gasteiger partial charge >= 0.3 is 10.1 Å². The van der Waals surface area contributed by atoms with Crippen LogP contribution in [0.2, 0.25) is 0 Å². The molecule has 32 heavy (non-hydrogen) atoms. The lowest BCUT2D eigenvalue weighted by Gasteiger charge is -2.28. The van der Waals surface area contributed by atoms with E-state index in [-0.39, 0.29) is 28.7 Å². The highest BCUT2D eigenvalue weighted by Crippen LogP contribution is 2.35. The van der Waals surface area contributed by atoms with Crippen LogP contribution in [0.25, 0.3) is 10.9 Å². The zero-order valence-corrected chi connectivity index (χ0v) is 20.2. The second-order valence-electron chi connectivity index (χ2n) is 7.97. The first-order valence-electron chi connectivity index (χ1n) is 9.93. The number of nitrogens with one attached hydrogen (secondary N) is 2. The molecule has 0 saturated carbocycles. The van der Waals surface area contributed by atoms with Crippen LogP contribution in [0.5, 0.6) is 5.75 Å². The lowest BCUT2D eigenvalue weighted by molar-refractivity contribution is 0.256. The van der Waals surface area contributed by atoms with Gasteiger partial charge in [-0.1, -0.05) is 0 Å². The summed E-state index contributed by atoms with van der Waals surface area (Å²) < 4.78 is 55.7. The van der Waals surface area contributed by atoms with Crippen LogP contribution < -0.4 is 8.91 Å². The van der Waals surface area contributed by atoms with Crippen molar-refractivity contribution >= 4 is 49.1 Å². The first-order chi connectivity index (χ1) is 14.6. The molecule has 0 bridgehead atoms. The quantitative estimate of drug-likeness (QED) is 0.502. The molecule has 0 spiro atoms. The van der Waals surface area contributed by atoms with E-state index >= 15 is 0 Å². The first kappa shape index (κ1) is 24.4. The topological polar surface area (TPSA) is 109 Å². The van der Waals surface area contributed by atoms with Crippen molar-refractivity contribution in [2.75, 3.05) is 31.1 Å². The van der Waals surface area contributed by atoms with Gasteiger partial charge < -0.3 is 14.1 Å². The third-order valence-electron chi connectivity index (χ3n) is 5.50. The number of benzene rings is 2. The molecular formula is C21H26ClN3O5S2. The Morgan fingerprint density at radius 1 is 1.03 bits per heavy atom. The molecule has 0 unspecified atom stereocenters. The number of aromatic nitrogens is 1. The number of rotatable bonds is 6. The smallest absolute Gasteiger partial charge is 0.339 e. The van der Waals surface area contributed by atoms with Gasteiger partial charge in [-0.15, -0.1) is 12.4 Å². The Hall–Kier alpha value is -2.27. The predicted molar refractivity (Wildman–Crippen MR) is 128 cm³/mol. The van der Waals surface area contributed by atoms with Crippen LogP contribution >= 0.6 is 12.4 Å². The minimum atomic E-state index is -4.06. The number of likely N-dealkylation sites (tertiary alicyclic amines) is 1. The molecule has 0 atom stereocenters. The van der Waals surface area contributed by atoms with E-state index < -0.39 is 20.1 Å². The normalized spacial score (nSPS) is 15.9. The van der Waals surface area contributed by atoms with E-state index in [4.69, 9.17) is 4.18 Å². The fourth-order valence-corrected chi connectivity index (χ4v) is 5.40. The summed E-state index contributed by atoms with van der Waals surface area (Å²) in [5.74, 6) is 0.659. The Balaban J connectivity index is 0.00000289. The molecule has 4 rings (SSSR count). The van der Waals surface area contributed by atoms with Gasteiger partial charge in [0.25, 0.3) is 0 Å². The highest BCUT2D eigenvalue weighted by atomic mass is 35.5. The van der Waals surface area contributed by atoms with Crippen LogP contribution in [0.1, 0.15) is 24.3 Å². The Labute approximate surface area is 194 Å². The highest BCUT2D eigenvalue weighted by Gasteiger charge is 2.22. The van der Waals surface area contributed by atoms with Gasteiger partial charge in [0.2, 0.25) is 10.0 Å². The third kappa shape index (κ3) is 5.55. The summed E-state index contributed by atoms with van der Waals surface area (Å²) in [4.78, 5) is 5.52. The van der Waals surface area contributed by atoms with Crippen molar-refractivity contribution in [3.05, 3.63) is 54.2 Å². The Morgan fingerprint density at radius 3 is 2.31 bits per heavy atom. The maximum Gasteiger partial charge on any atom is 0.339 e. The van der Waals surface area contributed by atoms with Crippen LogP contribution in [0.3, 0.4) is 0 Å². The van der Waals surface area contributed by atoms with E-state index in [1.165, 1.54) is 29.8 Å². The Kier molecular flexibility index (Phi) is 7.09. The van der Waals surface area contributed by atoms with Crippen molar-refractivity contribution in [3.63, 3.8) is 0 Å². The number of H-pyrrole nitrogens is 1. The van der Waals surface area contributed by atoms with Crippen molar-refractivity contribution in [2.24, 2.45) is 0 Å². The number of hydrogen-bond donors (Lipinski definition) is 2. The van der Waals surface area contributed by atoms with Crippen LogP contribution in [0.4, 0.5) is 5.69 Å². The molecule has 0 aliphatic carbocycles. The van der Waals surface area contributed by atoms with E-state index in [9.17, 15) is 16.8 Å². The molecule has 174 valence electrons. The monoisotopic (exact) mass is 499 g/mol. The summed E-state index contributed by atoms with van der Waals surface area (Å²) in [5, 5.41) is 0.968. The summed E-state index contributed by atoms with van der Waals surface area (Å²) >= 11 is 0. The molecule has 0 amide bonds. The zero-order chi connectivity index (χ0) is 22.2. The molecule has 1 aromatic heterocycles. The van der Waals surface area contributed by atoms with Crippen molar-refractivity contribution < 1.29 is 21.0 Å². The largest absolute Gasteiger partial charge is 0.379 e. The molecule has 11 heteroatoms. The Bertz CT molecular complexity index is 1300. The lowest BCUT2D eigenvalue weighted by atomic mass is 9.89. The minimum Gasteiger partial charge on any atom is -0.379 e. The summed E-state index contributed by atoms with van der Waals surface area (Å²) in [6.45, 7) is 2.07. The lowest BCUT2D eigenvalue weighted by Crippen LogP contribution is -2.29. The average Bonchev–Trinajstić information content (AvgIpc) is 3.11. The average molecular weight is 500 g/mol. The van der Waals surface area contributed by atoms with Gasteiger partial charge in [0.1, 0.15) is 10.6 Å². The van der Waals surface area contributed by atoms with E-state index in [0.29, 0.717) is 5.92 Å². The maximum atomic E-state index is 12.7. The molecule has 1 aliphatic rings. The molecule has 0 radical (unpaired) electrons. The molecule has 3 aromatic rings. The van der Waals surface area contributed by atoms with Gasteiger partial charge in [-0.3, -0.25) is 4.72 Å². The second kappa shape index (κ2) is 9.30. The van der Waals surface area contributed by atoms with Crippen molar-refractivity contribution in [3.8, 4) is 5.75 Å². The predicted octanol–water partition coefficient (Wildman–Crippen LogP) is 3.54. The number of hydrogen-bond acceptors (Lipinski definition) is 6. The molecular weight excluding hydrogens is 474 g/mol. The van der Waals surface area contributed by atoms with E-state index in [1.807, 2.05) is 12.3 Å². The number of sulfonamides is 1. The summed E-state index contributed by atoms with van der Waals surface area (Å²) in [6, 6.07) is 10.6. The summed E-state index contributed by atoms with van der Waals surface area (Å²) in [6.07, 6.45) is 5.14. The SMILES string of the molecule is CN1CCC(c2c[nH]c3ccc(OS(=O)(=O)c4ccc(NS(C)(=O)=O)cc4)cc23)CC1.Cl. The number of fused-ring (bicyclic) bond motifs is 1. The van der Waals surface area contributed by atoms with Gasteiger partial charge in [-0.05, 0) is 86.9 Å². The number of nitrogens with zero attached hydrogens (tertiary/aromatic N) is 1. The molecule has 2 aromatic carbocycles. The van der Waals surface area contributed by atoms with Gasteiger partial charge in [0.05, 0.1) is 6.26 Å². The number of aromatic amines is 1. The number of piperidine rings is 1. The first-order valence-corrected chi connectivity index (χ1v) is 13.2. The van der Waals surface area contributed by atoms with Gasteiger partial charge in [-0.2, -0.15) is 8.42 Å². The number of halogens is 1. The van der Waals surface area contributed by atoms with Gasteiger partial charge in [0, 0.05) is 22.8 Å². The van der Waals surface area contributed by atoms with E-state index in [1.54, 1.807) is 12.1 Å². The summed E-state index contributed by atoms with van der Waals surface area (Å²) in [5.41, 5.74) is 2.40. The summed E-state index contributed by atoms with van der Waals surface area (Å²) in [7, 11) is -5.39. The van der Waals surface area contributed by atoms with Crippen molar-refractivity contribution in [1.82, 2.24) is 9.88 Å². The van der Waals surface area contributed by atoms with Gasteiger partial charge in [-0.25, -0.2) is 8.42 Å². The zero-order valence-electron chi connectivity index (χ0n) is 17.7. The molecule has 2 heterocycles. The minimum absolute atomic E-state index is 0. The number of anilines is 1. The van der Waals surface area contributed by atoms with Crippen LogP contribution in [-0.2, 0) is 20.1 Å². The van der Waals surface area contributed by atoms with Crippen LogP contribution in [0.15, 0.2) is 53.6 Å². The van der Waals surface area contributed by atoms with Crippen LogP contribution in [0, 0.1) is 0 Å². The fourth-order valence-electron chi connectivity index (χ4n) is 3.91. The highest BCUT2D eigenvalue weighted by molar-refractivity contribution is 7.92. The van der Waals surface area contributed by atoms with E-state index in [0.717, 1.165) is 43.1 Å².